The average molecular weight is 300 g/mol. The first kappa shape index (κ1) is 16.3. The third kappa shape index (κ3) is 4.20. The SMILES string of the molecule is Cc1ccc(CCC(=O)OC(c2nccn2C)C(C)C)cc1. The number of rotatable bonds is 6. The van der Waals surface area contributed by atoms with E-state index in [9.17, 15) is 4.79 Å². The van der Waals surface area contributed by atoms with Crippen LogP contribution < -0.4 is 0 Å². The maximum atomic E-state index is 12.1. The van der Waals surface area contributed by atoms with Crippen LogP contribution >= 0.6 is 0 Å². The molecule has 1 heterocycles. The minimum atomic E-state index is -0.300. The van der Waals surface area contributed by atoms with E-state index in [1.54, 1.807) is 6.20 Å². The second kappa shape index (κ2) is 7.25. The molecular weight excluding hydrogens is 276 g/mol. The fraction of sp³-hybridized carbons (Fsp3) is 0.444. The molecule has 4 heteroatoms. The summed E-state index contributed by atoms with van der Waals surface area (Å²) in [6.45, 7) is 6.12. The lowest BCUT2D eigenvalue weighted by molar-refractivity contribution is -0.152. The highest BCUT2D eigenvalue weighted by molar-refractivity contribution is 5.70. The Morgan fingerprint density at radius 1 is 1.27 bits per heavy atom. The van der Waals surface area contributed by atoms with Gasteiger partial charge in [0.05, 0.1) is 0 Å². The van der Waals surface area contributed by atoms with E-state index in [1.165, 1.54) is 5.56 Å². The van der Waals surface area contributed by atoms with Crippen molar-refractivity contribution in [2.24, 2.45) is 13.0 Å². The molecule has 22 heavy (non-hydrogen) atoms. The Labute approximate surface area is 132 Å². The number of carbonyl (C=O) groups is 1. The Morgan fingerprint density at radius 3 is 2.50 bits per heavy atom. The van der Waals surface area contributed by atoms with Gasteiger partial charge in [0.1, 0.15) is 5.82 Å². The van der Waals surface area contributed by atoms with Gasteiger partial charge in [0, 0.05) is 25.9 Å². The summed E-state index contributed by atoms with van der Waals surface area (Å²) >= 11 is 0. The number of hydrogen-bond donors (Lipinski definition) is 0. The first-order chi connectivity index (χ1) is 10.5. The first-order valence-electron chi connectivity index (χ1n) is 7.69. The predicted molar refractivity (Wildman–Crippen MR) is 86.4 cm³/mol. The molecule has 1 aromatic heterocycles. The van der Waals surface area contributed by atoms with Gasteiger partial charge in [-0.25, -0.2) is 4.98 Å². The summed E-state index contributed by atoms with van der Waals surface area (Å²) in [6.07, 6.45) is 4.38. The van der Waals surface area contributed by atoms with E-state index in [2.05, 4.69) is 36.2 Å². The lowest BCUT2D eigenvalue weighted by atomic mass is 10.1. The molecule has 0 N–H and O–H groups in total. The highest BCUT2D eigenvalue weighted by Gasteiger charge is 2.23. The summed E-state index contributed by atoms with van der Waals surface area (Å²) in [6, 6.07) is 8.24. The summed E-state index contributed by atoms with van der Waals surface area (Å²) in [5.41, 5.74) is 2.38. The Kier molecular flexibility index (Phi) is 5.36. The maximum absolute atomic E-state index is 12.1. The Bertz CT molecular complexity index is 614. The summed E-state index contributed by atoms with van der Waals surface area (Å²) in [5.74, 6) is 0.797. The van der Waals surface area contributed by atoms with Crippen LogP contribution in [0.1, 0.15) is 43.3 Å². The molecule has 4 nitrogen and oxygen atoms in total. The Hall–Kier alpha value is -2.10. The molecule has 0 aliphatic heterocycles. The number of hydrogen-bond acceptors (Lipinski definition) is 3. The monoisotopic (exact) mass is 300 g/mol. The molecular formula is C18H24N2O2. The number of esters is 1. The molecule has 118 valence electrons. The van der Waals surface area contributed by atoms with Crippen LogP contribution in [0.2, 0.25) is 0 Å². The van der Waals surface area contributed by atoms with E-state index in [4.69, 9.17) is 4.74 Å². The highest BCUT2D eigenvalue weighted by Crippen LogP contribution is 2.24. The van der Waals surface area contributed by atoms with Crippen molar-refractivity contribution in [3.05, 3.63) is 53.6 Å². The van der Waals surface area contributed by atoms with Crippen LogP contribution in [-0.2, 0) is 23.0 Å². The van der Waals surface area contributed by atoms with Gasteiger partial charge in [0.15, 0.2) is 6.10 Å². The molecule has 0 saturated carbocycles. The fourth-order valence-corrected chi connectivity index (χ4v) is 2.34. The number of aryl methyl sites for hydroxylation is 3. The third-order valence-electron chi connectivity index (χ3n) is 3.72. The number of nitrogens with zero attached hydrogens (tertiary/aromatic N) is 2. The third-order valence-corrected chi connectivity index (χ3v) is 3.72. The van der Waals surface area contributed by atoms with E-state index in [-0.39, 0.29) is 18.0 Å². The molecule has 0 fully saturated rings. The molecule has 1 atom stereocenters. The zero-order valence-corrected chi connectivity index (χ0v) is 13.7. The molecule has 0 aliphatic rings. The standard InChI is InChI=1S/C18H24N2O2/c1-13(2)17(18-19-11-12-20(18)4)22-16(21)10-9-15-7-5-14(3)6-8-15/h5-8,11-13,17H,9-10H2,1-4H3. The van der Waals surface area contributed by atoms with Crippen molar-refractivity contribution in [1.82, 2.24) is 9.55 Å². The van der Waals surface area contributed by atoms with Crippen LogP contribution in [0.5, 0.6) is 0 Å². The average Bonchev–Trinajstić information content (AvgIpc) is 2.90. The topological polar surface area (TPSA) is 44.1 Å². The summed E-state index contributed by atoms with van der Waals surface area (Å²) in [5, 5.41) is 0. The van der Waals surface area contributed by atoms with Gasteiger partial charge in [0.2, 0.25) is 0 Å². The van der Waals surface area contributed by atoms with Crippen molar-refractivity contribution in [3.8, 4) is 0 Å². The van der Waals surface area contributed by atoms with E-state index in [0.717, 1.165) is 11.4 Å². The maximum Gasteiger partial charge on any atom is 0.306 e. The van der Waals surface area contributed by atoms with Crippen molar-refractivity contribution in [3.63, 3.8) is 0 Å². The van der Waals surface area contributed by atoms with Crippen molar-refractivity contribution >= 4 is 5.97 Å². The van der Waals surface area contributed by atoms with E-state index >= 15 is 0 Å². The van der Waals surface area contributed by atoms with Crippen molar-refractivity contribution in [2.45, 2.75) is 39.7 Å². The van der Waals surface area contributed by atoms with Gasteiger partial charge < -0.3 is 9.30 Å². The van der Waals surface area contributed by atoms with Gasteiger partial charge in [-0.3, -0.25) is 4.79 Å². The van der Waals surface area contributed by atoms with Gasteiger partial charge in [-0.1, -0.05) is 43.7 Å². The van der Waals surface area contributed by atoms with Crippen LogP contribution in [0.4, 0.5) is 0 Å². The van der Waals surface area contributed by atoms with E-state index < -0.39 is 0 Å². The van der Waals surface area contributed by atoms with Gasteiger partial charge in [-0.2, -0.15) is 0 Å². The number of imidazole rings is 1. The largest absolute Gasteiger partial charge is 0.454 e. The van der Waals surface area contributed by atoms with Gasteiger partial charge in [-0.15, -0.1) is 0 Å². The van der Waals surface area contributed by atoms with Gasteiger partial charge >= 0.3 is 5.97 Å². The van der Waals surface area contributed by atoms with E-state index in [0.29, 0.717) is 12.8 Å². The highest BCUT2D eigenvalue weighted by atomic mass is 16.5. The fourth-order valence-electron chi connectivity index (χ4n) is 2.34. The van der Waals surface area contributed by atoms with Crippen LogP contribution in [-0.4, -0.2) is 15.5 Å². The molecule has 0 amide bonds. The van der Waals surface area contributed by atoms with Gasteiger partial charge in [0.25, 0.3) is 0 Å². The van der Waals surface area contributed by atoms with Crippen LogP contribution in [0.15, 0.2) is 36.7 Å². The molecule has 1 unspecified atom stereocenters. The van der Waals surface area contributed by atoms with Crippen LogP contribution in [0.25, 0.3) is 0 Å². The lowest BCUT2D eigenvalue weighted by Gasteiger charge is -2.21. The molecule has 0 aliphatic carbocycles. The molecule has 0 saturated heterocycles. The van der Waals surface area contributed by atoms with Crippen LogP contribution in [0, 0.1) is 12.8 Å². The molecule has 1 aromatic carbocycles. The number of carbonyl (C=O) groups excluding carboxylic acids is 1. The summed E-state index contributed by atoms with van der Waals surface area (Å²) in [4.78, 5) is 16.4. The Balaban J connectivity index is 1.94. The molecule has 0 radical (unpaired) electrons. The lowest BCUT2D eigenvalue weighted by Crippen LogP contribution is -2.19. The second-order valence-corrected chi connectivity index (χ2v) is 6.04. The molecule has 0 spiro atoms. The first-order valence-corrected chi connectivity index (χ1v) is 7.69. The predicted octanol–water partition coefficient (Wildman–Crippen LogP) is 3.60. The summed E-state index contributed by atoms with van der Waals surface area (Å²) in [7, 11) is 1.91. The van der Waals surface area contributed by atoms with Crippen LogP contribution in [0.3, 0.4) is 0 Å². The smallest absolute Gasteiger partial charge is 0.306 e. The number of benzene rings is 1. The number of aromatic nitrogens is 2. The molecule has 2 aromatic rings. The zero-order chi connectivity index (χ0) is 16.1. The molecule has 0 bridgehead atoms. The van der Waals surface area contributed by atoms with Crippen molar-refractivity contribution in [1.29, 1.82) is 0 Å². The quantitative estimate of drug-likeness (QED) is 0.766. The van der Waals surface area contributed by atoms with Crippen molar-refractivity contribution < 1.29 is 9.53 Å². The minimum Gasteiger partial charge on any atom is -0.454 e. The molecule has 2 rings (SSSR count). The van der Waals surface area contributed by atoms with Crippen molar-refractivity contribution in [2.75, 3.05) is 0 Å². The number of ether oxygens (including phenoxy) is 1. The minimum absolute atomic E-state index is 0.178. The van der Waals surface area contributed by atoms with E-state index in [1.807, 2.05) is 31.7 Å². The summed E-state index contributed by atoms with van der Waals surface area (Å²) < 4.78 is 7.56. The Morgan fingerprint density at radius 2 is 1.95 bits per heavy atom. The second-order valence-electron chi connectivity index (χ2n) is 6.04. The van der Waals surface area contributed by atoms with Gasteiger partial charge in [-0.05, 0) is 24.8 Å². The zero-order valence-electron chi connectivity index (χ0n) is 13.7. The normalized spacial score (nSPS) is 12.4.